The fourth-order valence-electron chi connectivity index (χ4n) is 3.16. The van der Waals surface area contributed by atoms with E-state index in [-0.39, 0.29) is 16.4 Å². The second-order valence-electron chi connectivity index (χ2n) is 7.10. The van der Waals surface area contributed by atoms with E-state index < -0.39 is 27.9 Å². The number of piperidine rings is 1. The van der Waals surface area contributed by atoms with Crippen molar-refractivity contribution in [3.05, 3.63) is 29.3 Å². The van der Waals surface area contributed by atoms with Crippen LogP contribution in [0.3, 0.4) is 0 Å². The number of amides is 1. The van der Waals surface area contributed by atoms with Crippen LogP contribution in [-0.4, -0.2) is 43.7 Å². The predicted molar refractivity (Wildman–Crippen MR) is 99.5 cm³/mol. The Hall–Kier alpha value is -1.93. The first kappa shape index (κ1) is 21.4. The Kier molecular flexibility index (Phi) is 7.00. The van der Waals surface area contributed by atoms with Gasteiger partial charge in [-0.05, 0) is 43.4 Å². The zero-order valence-corrected chi connectivity index (χ0v) is 16.8. The third kappa shape index (κ3) is 4.87. The van der Waals surface area contributed by atoms with Gasteiger partial charge in [-0.1, -0.05) is 32.8 Å². The average Bonchev–Trinajstić information content (AvgIpc) is 2.65. The molecule has 1 aromatic rings. The topological polar surface area (TPSA) is 107 Å². The zero-order chi connectivity index (χ0) is 20.2. The Morgan fingerprint density at radius 1 is 1.22 bits per heavy atom. The van der Waals surface area contributed by atoms with Crippen LogP contribution in [0.2, 0.25) is 0 Å². The third-order valence-corrected chi connectivity index (χ3v) is 7.18. The monoisotopic (exact) mass is 395 g/mol. The van der Waals surface area contributed by atoms with Gasteiger partial charge in [0.2, 0.25) is 10.0 Å². The minimum atomic E-state index is -3.69. The molecule has 1 aliphatic heterocycles. The number of benzene rings is 1. The van der Waals surface area contributed by atoms with Crippen LogP contribution < -0.4 is 10.4 Å². The molecule has 1 aromatic carbocycles. The minimum Gasteiger partial charge on any atom is -0.548 e. The van der Waals surface area contributed by atoms with Crippen molar-refractivity contribution in [2.24, 2.45) is 5.92 Å². The number of carboxylic acids is 1. The molecule has 1 saturated heterocycles. The SMILES string of the molecule is CC[C@H](C)[C@H](NC(=O)c1ccc(C)c(S(=O)(=O)N2CCCCC2)c1)C(=O)[O-]. The van der Waals surface area contributed by atoms with Crippen molar-refractivity contribution in [3.8, 4) is 0 Å². The molecule has 0 saturated carbocycles. The molecule has 2 rings (SSSR count). The van der Waals surface area contributed by atoms with Crippen LogP contribution in [0.5, 0.6) is 0 Å². The van der Waals surface area contributed by atoms with E-state index in [1.807, 2.05) is 6.92 Å². The van der Waals surface area contributed by atoms with Crippen LogP contribution in [0, 0.1) is 12.8 Å². The highest BCUT2D eigenvalue weighted by Gasteiger charge is 2.28. The van der Waals surface area contributed by atoms with Crippen molar-refractivity contribution in [1.82, 2.24) is 9.62 Å². The van der Waals surface area contributed by atoms with Crippen molar-refractivity contribution >= 4 is 21.9 Å². The lowest BCUT2D eigenvalue weighted by Crippen LogP contribution is -2.51. The summed E-state index contributed by atoms with van der Waals surface area (Å²) in [5.41, 5.74) is 0.668. The highest BCUT2D eigenvalue weighted by molar-refractivity contribution is 7.89. The van der Waals surface area contributed by atoms with E-state index in [1.54, 1.807) is 19.9 Å². The normalized spacial score (nSPS) is 17.9. The highest BCUT2D eigenvalue weighted by Crippen LogP contribution is 2.24. The molecule has 27 heavy (non-hydrogen) atoms. The first-order chi connectivity index (χ1) is 12.7. The van der Waals surface area contributed by atoms with Gasteiger partial charge < -0.3 is 15.2 Å². The highest BCUT2D eigenvalue weighted by atomic mass is 32.2. The molecule has 0 unspecified atom stereocenters. The molecule has 1 aliphatic rings. The molecule has 1 fully saturated rings. The van der Waals surface area contributed by atoms with E-state index in [0.29, 0.717) is 25.1 Å². The number of carboxylic acid groups (broad SMARTS) is 1. The van der Waals surface area contributed by atoms with E-state index in [0.717, 1.165) is 19.3 Å². The van der Waals surface area contributed by atoms with Gasteiger partial charge in [-0.25, -0.2) is 8.42 Å². The first-order valence-corrected chi connectivity index (χ1v) is 10.7. The summed E-state index contributed by atoms with van der Waals surface area (Å²) in [5, 5.41) is 13.8. The number of aryl methyl sites for hydroxylation is 1. The van der Waals surface area contributed by atoms with Gasteiger partial charge in [0.1, 0.15) is 0 Å². The van der Waals surface area contributed by atoms with Gasteiger partial charge in [-0.15, -0.1) is 0 Å². The van der Waals surface area contributed by atoms with Crippen molar-refractivity contribution < 1.29 is 23.1 Å². The number of hydrogen-bond donors (Lipinski definition) is 1. The first-order valence-electron chi connectivity index (χ1n) is 9.31. The van der Waals surface area contributed by atoms with Crippen LogP contribution in [-0.2, 0) is 14.8 Å². The summed E-state index contributed by atoms with van der Waals surface area (Å²) >= 11 is 0. The quantitative estimate of drug-likeness (QED) is 0.743. The maximum atomic E-state index is 13.0. The summed E-state index contributed by atoms with van der Waals surface area (Å²) in [6.45, 7) is 6.16. The number of sulfonamides is 1. The Bertz CT molecular complexity index is 800. The second-order valence-corrected chi connectivity index (χ2v) is 9.01. The molecule has 2 atom stereocenters. The summed E-state index contributed by atoms with van der Waals surface area (Å²) in [5.74, 6) is -2.29. The zero-order valence-electron chi connectivity index (χ0n) is 16.0. The van der Waals surface area contributed by atoms with Crippen LogP contribution in [0.25, 0.3) is 0 Å². The predicted octanol–water partition coefficient (Wildman–Crippen LogP) is 1.06. The van der Waals surface area contributed by atoms with E-state index in [9.17, 15) is 23.1 Å². The number of hydrogen-bond acceptors (Lipinski definition) is 5. The molecule has 1 N–H and O–H groups in total. The molecule has 0 aromatic heterocycles. The average molecular weight is 396 g/mol. The van der Waals surface area contributed by atoms with Crippen LogP contribution >= 0.6 is 0 Å². The molecular formula is C19H27N2O5S-. The smallest absolute Gasteiger partial charge is 0.251 e. The van der Waals surface area contributed by atoms with E-state index in [2.05, 4.69) is 5.32 Å². The number of rotatable bonds is 7. The van der Waals surface area contributed by atoms with Gasteiger partial charge >= 0.3 is 0 Å². The van der Waals surface area contributed by atoms with Crippen molar-refractivity contribution in [3.63, 3.8) is 0 Å². The van der Waals surface area contributed by atoms with Gasteiger partial charge in [0.25, 0.3) is 5.91 Å². The Morgan fingerprint density at radius 2 is 1.85 bits per heavy atom. The Labute approximate surface area is 160 Å². The van der Waals surface area contributed by atoms with Gasteiger partial charge in [-0.3, -0.25) is 4.79 Å². The summed E-state index contributed by atoms with van der Waals surface area (Å²) in [6, 6.07) is 3.27. The van der Waals surface area contributed by atoms with E-state index in [4.69, 9.17) is 0 Å². The number of nitrogens with one attached hydrogen (secondary N) is 1. The second kappa shape index (κ2) is 8.84. The van der Waals surface area contributed by atoms with Crippen molar-refractivity contribution in [2.45, 2.75) is 57.4 Å². The fraction of sp³-hybridized carbons (Fsp3) is 0.579. The number of aliphatic carboxylic acids is 1. The summed E-state index contributed by atoms with van der Waals surface area (Å²) in [6.07, 6.45) is 3.20. The molecule has 150 valence electrons. The molecular weight excluding hydrogens is 368 g/mol. The molecule has 0 aliphatic carbocycles. The minimum absolute atomic E-state index is 0.0885. The standard InChI is InChI=1S/C19H28N2O5S/c1-4-13(2)17(19(23)24)20-18(22)15-9-8-14(3)16(12-15)27(25,26)21-10-6-5-7-11-21/h8-9,12-13,17H,4-7,10-11H2,1-3H3,(H,20,22)(H,23,24)/p-1/t13-,17-/m0/s1. The Balaban J connectivity index is 2.30. The Morgan fingerprint density at radius 3 is 2.41 bits per heavy atom. The summed E-state index contributed by atoms with van der Waals surface area (Å²) in [4.78, 5) is 23.9. The molecule has 7 nitrogen and oxygen atoms in total. The van der Waals surface area contributed by atoms with Gasteiger partial charge in [-0.2, -0.15) is 4.31 Å². The lowest BCUT2D eigenvalue weighted by Gasteiger charge is -2.27. The molecule has 0 bridgehead atoms. The molecule has 0 radical (unpaired) electrons. The number of nitrogens with zero attached hydrogens (tertiary/aromatic N) is 1. The summed E-state index contributed by atoms with van der Waals surface area (Å²) < 4.78 is 27.4. The van der Waals surface area contributed by atoms with E-state index >= 15 is 0 Å². The van der Waals surface area contributed by atoms with Gasteiger partial charge in [0.05, 0.1) is 16.9 Å². The van der Waals surface area contributed by atoms with Gasteiger partial charge in [0, 0.05) is 18.7 Å². The molecule has 1 amide bonds. The van der Waals surface area contributed by atoms with E-state index in [1.165, 1.54) is 16.4 Å². The van der Waals surface area contributed by atoms with Crippen molar-refractivity contribution in [2.75, 3.05) is 13.1 Å². The maximum absolute atomic E-state index is 13.0. The molecule has 8 heteroatoms. The number of carbonyl (C=O) groups excluding carboxylic acids is 2. The summed E-state index contributed by atoms with van der Waals surface area (Å²) in [7, 11) is -3.69. The van der Waals surface area contributed by atoms with Crippen LogP contribution in [0.15, 0.2) is 23.1 Å². The lowest BCUT2D eigenvalue weighted by atomic mass is 9.99. The molecule has 1 heterocycles. The van der Waals surface area contributed by atoms with Crippen LogP contribution in [0.4, 0.5) is 0 Å². The van der Waals surface area contributed by atoms with Gasteiger partial charge in [0.15, 0.2) is 0 Å². The third-order valence-electron chi connectivity index (χ3n) is 5.14. The van der Waals surface area contributed by atoms with Crippen LogP contribution in [0.1, 0.15) is 55.5 Å². The number of carbonyl (C=O) groups is 2. The largest absolute Gasteiger partial charge is 0.548 e. The lowest BCUT2D eigenvalue weighted by molar-refractivity contribution is -0.309. The molecule has 0 spiro atoms. The maximum Gasteiger partial charge on any atom is 0.251 e. The van der Waals surface area contributed by atoms with Crippen molar-refractivity contribution in [1.29, 1.82) is 0 Å². The fourth-order valence-corrected chi connectivity index (χ4v) is 4.93.